The molecule has 1 N–H and O–H groups in total. The minimum atomic E-state index is -0.215. The van der Waals surface area contributed by atoms with Crippen molar-refractivity contribution in [1.82, 2.24) is 24.9 Å². The first-order chi connectivity index (χ1) is 12.5. The van der Waals surface area contributed by atoms with Gasteiger partial charge in [0.25, 0.3) is 5.56 Å². The molecule has 2 heterocycles. The Morgan fingerprint density at radius 3 is 2.54 bits per heavy atom. The summed E-state index contributed by atoms with van der Waals surface area (Å²) < 4.78 is 3.04. The summed E-state index contributed by atoms with van der Waals surface area (Å²) in [7, 11) is 0. The minimum Gasteiger partial charge on any atom is -0.354 e. The minimum absolute atomic E-state index is 0.0843. The lowest BCUT2D eigenvalue weighted by atomic mass is 10.1. The van der Waals surface area contributed by atoms with Crippen LogP contribution in [0.2, 0.25) is 0 Å². The maximum Gasteiger partial charge on any atom is 0.266 e. The van der Waals surface area contributed by atoms with E-state index in [2.05, 4.69) is 15.5 Å². The second kappa shape index (κ2) is 7.77. The van der Waals surface area contributed by atoms with Gasteiger partial charge in [-0.3, -0.25) is 9.59 Å². The summed E-state index contributed by atoms with van der Waals surface area (Å²) in [5, 5.41) is 11.5. The molecule has 0 saturated carbocycles. The Hall–Kier alpha value is -3.22. The summed E-state index contributed by atoms with van der Waals surface area (Å²) in [5.41, 5.74) is 2.56. The second-order valence-electron chi connectivity index (χ2n) is 6.10. The van der Waals surface area contributed by atoms with Gasteiger partial charge >= 0.3 is 0 Å². The predicted molar refractivity (Wildman–Crippen MR) is 98.2 cm³/mol. The molecule has 7 nitrogen and oxygen atoms in total. The molecule has 0 fully saturated rings. The van der Waals surface area contributed by atoms with Crippen LogP contribution >= 0.6 is 0 Å². The highest BCUT2D eigenvalue weighted by Crippen LogP contribution is 2.07. The first kappa shape index (κ1) is 17.6. The molecule has 0 unspecified atom stereocenters. The van der Waals surface area contributed by atoms with Crippen molar-refractivity contribution in [2.45, 2.75) is 26.8 Å². The summed E-state index contributed by atoms with van der Waals surface area (Å²) in [6, 6.07) is 14.6. The van der Waals surface area contributed by atoms with Crippen molar-refractivity contribution < 1.29 is 4.79 Å². The Morgan fingerprint density at radius 1 is 1.08 bits per heavy atom. The molecule has 0 spiro atoms. The number of carbonyl (C=O) groups excluding carboxylic acids is 1. The number of carbonyl (C=O) groups is 1. The lowest BCUT2D eigenvalue weighted by Gasteiger charge is -2.09. The van der Waals surface area contributed by atoms with Gasteiger partial charge in [0.2, 0.25) is 5.91 Å². The van der Waals surface area contributed by atoms with Crippen molar-refractivity contribution in [1.29, 1.82) is 0 Å². The number of hydrogen-bond acceptors (Lipinski definition) is 4. The van der Waals surface area contributed by atoms with E-state index in [4.69, 9.17) is 0 Å². The number of benzene rings is 1. The normalized spacial score (nSPS) is 10.7. The molecular weight excluding hydrogens is 330 g/mol. The van der Waals surface area contributed by atoms with Crippen molar-refractivity contribution in [3.05, 3.63) is 75.8 Å². The lowest BCUT2D eigenvalue weighted by molar-refractivity contribution is -0.120. The molecule has 2 aromatic heterocycles. The summed E-state index contributed by atoms with van der Waals surface area (Å²) >= 11 is 0. The Bertz CT molecular complexity index is 960. The van der Waals surface area contributed by atoms with Crippen LogP contribution in [0.4, 0.5) is 0 Å². The van der Waals surface area contributed by atoms with E-state index >= 15 is 0 Å². The summed E-state index contributed by atoms with van der Waals surface area (Å²) in [6.07, 6.45) is 0.314. The molecule has 134 valence electrons. The van der Waals surface area contributed by atoms with Crippen LogP contribution in [-0.2, 0) is 17.8 Å². The van der Waals surface area contributed by atoms with Crippen molar-refractivity contribution >= 4 is 5.91 Å². The second-order valence-corrected chi connectivity index (χ2v) is 6.10. The summed E-state index contributed by atoms with van der Waals surface area (Å²) in [4.78, 5) is 24.0. The van der Waals surface area contributed by atoms with Crippen LogP contribution in [0, 0.1) is 13.8 Å². The molecule has 3 aromatic rings. The largest absolute Gasteiger partial charge is 0.354 e. The monoisotopic (exact) mass is 351 g/mol. The molecular formula is C19H21N5O2. The van der Waals surface area contributed by atoms with E-state index in [9.17, 15) is 9.59 Å². The van der Waals surface area contributed by atoms with E-state index in [1.807, 2.05) is 50.2 Å². The van der Waals surface area contributed by atoms with Crippen LogP contribution in [0.3, 0.4) is 0 Å². The van der Waals surface area contributed by atoms with Crippen LogP contribution in [0.1, 0.15) is 17.0 Å². The summed E-state index contributed by atoms with van der Waals surface area (Å²) in [5.74, 6) is 0.491. The molecule has 0 aliphatic carbocycles. The third kappa shape index (κ3) is 4.24. The zero-order valence-corrected chi connectivity index (χ0v) is 14.8. The van der Waals surface area contributed by atoms with Crippen molar-refractivity contribution in [2.24, 2.45) is 0 Å². The highest BCUT2D eigenvalue weighted by Gasteiger charge is 2.08. The van der Waals surface area contributed by atoms with Gasteiger partial charge < -0.3 is 5.32 Å². The fourth-order valence-corrected chi connectivity index (χ4v) is 2.72. The van der Waals surface area contributed by atoms with Gasteiger partial charge in [-0.2, -0.15) is 5.10 Å². The Kier molecular flexibility index (Phi) is 5.26. The SMILES string of the molecule is Cc1cc(C)n(-c2ccc(=O)n(CCNC(=O)Cc3ccccc3)n2)n1. The molecule has 7 heteroatoms. The average molecular weight is 351 g/mol. The molecule has 0 aliphatic heterocycles. The molecule has 0 aliphatic rings. The van der Waals surface area contributed by atoms with Gasteiger partial charge in [0.05, 0.1) is 18.7 Å². The lowest BCUT2D eigenvalue weighted by Crippen LogP contribution is -2.33. The van der Waals surface area contributed by atoms with Gasteiger partial charge in [-0.15, -0.1) is 5.10 Å². The Balaban J connectivity index is 1.63. The van der Waals surface area contributed by atoms with E-state index in [1.54, 1.807) is 10.7 Å². The topological polar surface area (TPSA) is 81.8 Å². The quantitative estimate of drug-likeness (QED) is 0.728. The van der Waals surface area contributed by atoms with Crippen molar-refractivity contribution in [2.75, 3.05) is 6.54 Å². The molecule has 0 saturated heterocycles. The third-order valence-electron chi connectivity index (χ3n) is 3.93. The number of amides is 1. The van der Waals surface area contributed by atoms with Crippen LogP contribution in [0.5, 0.6) is 0 Å². The number of rotatable bonds is 6. The third-order valence-corrected chi connectivity index (χ3v) is 3.93. The van der Waals surface area contributed by atoms with Gasteiger partial charge in [-0.25, -0.2) is 9.36 Å². The Morgan fingerprint density at radius 2 is 1.85 bits per heavy atom. The number of aryl methyl sites for hydroxylation is 2. The number of nitrogens with zero attached hydrogens (tertiary/aromatic N) is 4. The van der Waals surface area contributed by atoms with Crippen LogP contribution in [0.25, 0.3) is 5.82 Å². The van der Waals surface area contributed by atoms with Crippen LogP contribution in [-0.4, -0.2) is 32.0 Å². The van der Waals surface area contributed by atoms with E-state index in [-0.39, 0.29) is 11.5 Å². The fraction of sp³-hybridized carbons (Fsp3) is 0.263. The number of nitrogens with one attached hydrogen (secondary N) is 1. The molecule has 3 rings (SSSR count). The van der Waals surface area contributed by atoms with E-state index in [1.165, 1.54) is 10.7 Å². The zero-order valence-electron chi connectivity index (χ0n) is 14.8. The van der Waals surface area contributed by atoms with E-state index in [0.717, 1.165) is 17.0 Å². The highest BCUT2D eigenvalue weighted by molar-refractivity contribution is 5.78. The predicted octanol–water partition coefficient (Wildman–Crippen LogP) is 1.40. The van der Waals surface area contributed by atoms with Gasteiger partial charge in [0.1, 0.15) is 0 Å². The van der Waals surface area contributed by atoms with E-state index in [0.29, 0.717) is 25.3 Å². The molecule has 0 atom stereocenters. The molecule has 0 bridgehead atoms. The van der Waals surface area contributed by atoms with Crippen LogP contribution in [0.15, 0.2) is 53.3 Å². The Labute approximate surface area is 151 Å². The zero-order chi connectivity index (χ0) is 18.5. The van der Waals surface area contributed by atoms with Crippen molar-refractivity contribution in [3.63, 3.8) is 0 Å². The first-order valence-electron chi connectivity index (χ1n) is 8.45. The van der Waals surface area contributed by atoms with Gasteiger partial charge in [-0.1, -0.05) is 30.3 Å². The molecule has 0 radical (unpaired) electrons. The molecule has 1 amide bonds. The maximum atomic E-state index is 12.0. The molecule has 1 aromatic carbocycles. The van der Waals surface area contributed by atoms with Gasteiger partial charge in [0, 0.05) is 18.3 Å². The maximum absolute atomic E-state index is 12.0. The molecule has 26 heavy (non-hydrogen) atoms. The van der Waals surface area contributed by atoms with Gasteiger partial charge in [0.15, 0.2) is 5.82 Å². The first-order valence-corrected chi connectivity index (χ1v) is 8.45. The van der Waals surface area contributed by atoms with Gasteiger partial charge in [-0.05, 0) is 31.5 Å². The standard InChI is InChI=1S/C19H21N5O2/c1-14-12-15(2)24(21-14)17-8-9-19(26)23(22-17)11-10-20-18(25)13-16-6-4-3-5-7-16/h3-9,12H,10-11,13H2,1-2H3,(H,20,25). The van der Waals surface area contributed by atoms with Crippen molar-refractivity contribution in [3.8, 4) is 5.82 Å². The fourth-order valence-electron chi connectivity index (χ4n) is 2.72. The average Bonchev–Trinajstić information content (AvgIpc) is 2.96. The highest BCUT2D eigenvalue weighted by atomic mass is 16.1. The van der Waals surface area contributed by atoms with E-state index < -0.39 is 0 Å². The van der Waals surface area contributed by atoms with Crippen LogP contribution < -0.4 is 10.9 Å². The number of hydrogen-bond donors (Lipinski definition) is 1. The number of aromatic nitrogens is 4. The smallest absolute Gasteiger partial charge is 0.266 e. The summed E-state index contributed by atoms with van der Waals surface area (Å²) in [6.45, 7) is 4.47.